The van der Waals surface area contributed by atoms with Gasteiger partial charge in [-0.1, -0.05) is 6.08 Å². The maximum Gasteiger partial charge on any atom is 0.407 e. The fourth-order valence-corrected chi connectivity index (χ4v) is 0.418. The van der Waals surface area contributed by atoms with Crippen molar-refractivity contribution in [1.82, 2.24) is 5.32 Å². The molecule has 3 nitrogen and oxygen atoms in total. The van der Waals surface area contributed by atoms with Crippen LogP contribution in [0.2, 0.25) is 0 Å². The Kier molecular flexibility index (Phi) is 4.37. The van der Waals surface area contributed by atoms with Crippen molar-refractivity contribution in [1.29, 1.82) is 0 Å². The van der Waals surface area contributed by atoms with Crippen LogP contribution in [0.25, 0.3) is 0 Å². The summed E-state index contributed by atoms with van der Waals surface area (Å²) in [6.07, 6.45) is 1.24. The molecule has 1 amide bonds. The molecule has 0 heterocycles. The third kappa shape index (κ3) is 3.95. The van der Waals surface area contributed by atoms with Gasteiger partial charge in [-0.05, 0) is 13.8 Å². The topological polar surface area (TPSA) is 38.3 Å². The maximum absolute atomic E-state index is 10.6. The molecular formula is C7H13NO2. The molecule has 0 aliphatic rings. The minimum Gasteiger partial charge on any atom is -0.450 e. The second-order valence-electron chi connectivity index (χ2n) is 1.89. The molecule has 3 heteroatoms. The molecule has 58 valence electrons. The number of hydrogen-bond donors (Lipinski definition) is 1. The van der Waals surface area contributed by atoms with Gasteiger partial charge in [0.15, 0.2) is 0 Å². The van der Waals surface area contributed by atoms with Crippen molar-refractivity contribution in [3.8, 4) is 0 Å². The Hall–Kier alpha value is -0.990. The number of nitrogens with one attached hydrogen (secondary N) is 1. The van der Waals surface area contributed by atoms with Gasteiger partial charge in [0, 0.05) is 6.04 Å². The summed E-state index contributed by atoms with van der Waals surface area (Å²) in [6.45, 7) is 7.49. The number of alkyl carbamates (subject to hydrolysis) is 1. The molecule has 0 saturated carbocycles. The molecule has 0 saturated heterocycles. The first kappa shape index (κ1) is 9.01. The third-order valence-corrected chi connectivity index (χ3v) is 0.975. The number of carbonyl (C=O) groups excluding carboxylic acids is 1. The lowest BCUT2D eigenvalue weighted by atomic mass is 10.3. The van der Waals surface area contributed by atoms with Crippen molar-refractivity contribution in [3.63, 3.8) is 0 Å². The van der Waals surface area contributed by atoms with E-state index in [4.69, 9.17) is 0 Å². The largest absolute Gasteiger partial charge is 0.450 e. The van der Waals surface area contributed by atoms with Crippen LogP contribution in [0.5, 0.6) is 0 Å². The molecule has 0 aromatic rings. The highest BCUT2D eigenvalue weighted by Gasteiger charge is 2.01. The van der Waals surface area contributed by atoms with Gasteiger partial charge < -0.3 is 10.1 Å². The molecule has 0 aromatic heterocycles. The highest BCUT2D eigenvalue weighted by Crippen LogP contribution is 1.83. The normalized spacial score (nSPS) is 11.8. The van der Waals surface area contributed by atoms with E-state index in [1.807, 2.05) is 6.92 Å². The van der Waals surface area contributed by atoms with E-state index < -0.39 is 6.09 Å². The summed E-state index contributed by atoms with van der Waals surface area (Å²) < 4.78 is 4.62. The number of hydrogen-bond acceptors (Lipinski definition) is 2. The van der Waals surface area contributed by atoms with Crippen LogP contribution in [0.1, 0.15) is 13.8 Å². The van der Waals surface area contributed by atoms with E-state index >= 15 is 0 Å². The minimum absolute atomic E-state index is 0.0287. The first-order valence-corrected chi connectivity index (χ1v) is 3.26. The fourth-order valence-electron chi connectivity index (χ4n) is 0.418. The highest BCUT2D eigenvalue weighted by atomic mass is 16.5. The van der Waals surface area contributed by atoms with E-state index in [-0.39, 0.29) is 6.04 Å². The zero-order valence-electron chi connectivity index (χ0n) is 6.39. The van der Waals surface area contributed by atoms with E-state index in [9.17, 15) is 4.79 Å². The van der Waals surface area contributed by atoms with E-state index in [0.717, 1.165) is 0 Å². The molecule has 10 heavy (non-hydrogen) atoms. The van der Waals surface area contributed by atoms with Gasteiger partial charge >= 0.3 is 6.09 Å². The summed E-state index contributed by atoms with van der Waals surface area (Å²) in [5.41, 5.74) is 0. The third-order valence-electron chi connectivity index (χ3n) is 0.975. The van der Waals surface area contributed by atoms with E-state index in [1.165, 1.54) is 0 Å². The average molecular weight is 143 g/mol. The standard InChI is InChI=1S/C7H13NO2/c1-4-6(3)8-7(9)10-5-2/h4,6H,1,5H2,2-3H3,(H,8,9). The first-order valence-electron chi connectivity index (χ1n) is 3.26. The van der Waals surface area contributed by atoms with Crippen LogP contribution >= 0.6 is 0 Å². The van der Waals surface area contributed by atoms with Crippen molar-refractivity contribution >= 4 is 6.09 Å². The van der Waals surface area contributed by atoms with Crippen LogP contribution in [-0.2, 0) is 4.74 Å². The monoisotopic (exact) mass is 143 g/mol. The van der Waals surface area contributed by atoms with Crippen LogP contribution in [0.4, 0.5) is 4.79 Å². The number of amides is 1. The molecule has 1 unspecified atom stereocenters. The zero-order chi connectivity index (χ0) is 7.98. The quantitative estimate of drug-likeness (QED) is 0.605. The SMILES string of the molecule is C=CC(C)NC(=O)OCC. The van der Waals surface area contributed by atoms with Gasteiger partial charge in [-0.2, -0.15) is 0 Å². The lowest BCUT2D eigenvalue weighted by Gasteiger charge is -2.07. The zero-order valence-corrected chi connectivity index (χ0v) is 6.39. The van der Waals surface area contributed by atoms with Crippen molar-refractivity contribution in [2.75, 3.05) is 6.61 Å². The van der Waals surface area contributed by atoms with Gasteiger partial charge in [0.1, 0.15) is 0 Å². The van der Waals surface area contributed by atoms with Gasteiger partial charge in [-0.3, -0.25) is 0 Å². The minimum atomic E-state index is -0.394. The summed E-state index contributed by atoms with van der Waals surface area (Å²) in [6, 6.07) is -0.0287. The number of rotatable bonds is 3. The van der Waals surface area contributed by atoms with Gasteiger partial charge in [0.25, 0.3) is 0 Å². The summed E-state index contributed by atoms with van der Waals surface area (Å²) in [4.78, 5) is 10.6. The summed E-state index contributed by atoms with van der Waals surface area (Å²) in [5, 5.41) is 2.55. The second-order valence-corrected chi connectivity index (χ2v) is 1.89. The Morgan fingerprint density at radius 3 is 2.90 bits per heavy atom. The Bertz CT molecular complexity index is 123. The lowest BCUT2D eigenvalue weighted by molar-refractivity contribution is 0.150. The molecule has 0 bridgehead atoms. The molecule has 0 fully saturated rings. The van der Waals surface area contributed by atoms with Gasteiger partial charge in [0.2, 0.25) is 0 Å². The highest BCUT2D eigenvalue weighted by molar-refractivity contribution is 5.67. The molecule has 0 rings (SSSR count). The van der Waals surface area contributed by atoms with E-state index in [2.05, 4.69) is 16.6 Å². The van der Waals surface area contributed by atoms with E-state index in [1.54, 1.807) is 13.0 Å². The number of carbonyl (C=O) groups is 1. The van der Waals surface area contributed by atoms with Gasteiger partial charge in [-0.25, -0.2) is 4.79 Å². The van der Waals surface area contributed by atoms with Crippen LogP contribution in [-0.4, -0.2) is 18.7 Å². The van der Waals surface area contributed by atoms with Crippen molar-refractivity contribution in [3.05, 3.63) is 12.7 Å². The van der Waals surface area contributed by atoms with Gasteiger partial charge in [-0.15, -0.1) is 6.58 Å². The van der Waals surface area contributed by atoms with Crippen molar-refractivity contribution in [2.24, 2.45) is 0 Å². The Balaban J connectivity index is 3.46. The van der Waals surface area contributed by atoms with Crippen LogP contribution < -0.4 is 5.32 Å². The van der Waals surface area contributed by atoms with Crippen LogP contribution in [0.15, 0.2) is 12.7 Å². The predicted molar refractivity (Wildman–Crippen MR) is 39.8 cm³/mol. The molecule has 0 aliphatic carbocycles. The molecule has 1 N–H and O–H groups in total. The second kappa shape index (κ2) is 4.85. The molecule has 0 aromatic carbocycles. The molecule has 1 atom stereocenters. The van der Waals surface area contributed by atoms with Crippen molar-refractivity contribution in [2.45, 2.75) is 19.9 Å². The maximum atomic E-state index is 10.6. The van der Waals surface area contributed by atoms with Crippen LogP contribution in [0.3, 0.4) is 0 Å². The lowest BCUT2D eigenvalue weighted by Crippen LogP contribution is -2.31. The van der Waals surface area contributed by atoms with Crippen LogP contribution in [0, 0.1) is 0 Å². The molecule has 0 aliphatic heterocycles. The predicted octanol–water partition coefficient (Wildman–Crippen LogP) is 1.31. The smallest absolute Gasteiger partial charge is 0.407 e. The molecular weight excluding hydrogens is 130 g/mol. The number of ether oxygens (including phenoxy) is 1. The van der Waals surface area contributed by atoms with Gasteiger partial charge in [0.05, 0.1) is 6.61 Å². The Labute approximate surface area is 61.1 Å². The Morgan fingerprint density at radius 2 is 2.50 bits per heavy atom. The average Bonchev–Trinajstić information content (AvgIpc) is 1.88. The fraction of sp³-hybridized carbons (Fsp3) is 0.571. The van der Waals surface area contributed by atoms with E-state index in [0.29, 0.717) is 6.61 Å². The summed E-state index contributed by atoms with van der Waals surface area (Å²) in [5.74, 6) is 0. The van der Waals surface area contributed by atoms with Crippen molar-refractivity contribution < 1.29 is 9.53 Å². The molecule has 0 spiro atoms. The Morgan fingerprint density at radius 1 is 1.90 bits per heavy atom. The summed E-state index contributed by atoms with van der Waals surface area (Å²) >= 11 is 0. The molecule has 0 radical (unpaired) electrons. The summed E-state index contributed by atoms with van der Waals surface area (Å²) in [7, 11) is 0. The first-order chi connectivity index (χ1) is 4.70.